The van der Waals surface area contributed by atoms with Crippen molar-refractivity contribution in [1.29, 1.82) is 0 Å². The molecule has 3 N–H and O–H groups in total. The van der Waals surface area contributed by atoms with E-state index in [1.165, 1.54) is 0 Å². The van der Waals surface area contributed by atoms with E-state index in [0.29, 0.717) is 54.7 Å². The zero-order valence-corrected chi connectivity index (χ0v) is 21.0. The second kappa shape index (κ2) is 13.8. The lowest BCUT2D eigenvalue weighted by atomic mass is 10.1. The summed E-state index contributed by atoms with van der Waals surface area (Å²) >= 11 is 5.31. The lowest BCUT2D eigenvalue weighted by Crippen LogP contribution is -2.34. The molecule has 0 aromatic heterocycles. The van der Waals surface area contributed by atoms with Gasteiger partial charge in [0.15, 0.2) is 5.11 Å². The summed E-state index contributed by atoms with van der Waals surface area (Å²) in [6.07, 6.45) is 0. The summed E-state index contributed by atoms with van der Waals surface area (Å²) in [5.74, 6) is 0.655. The van der Waals surface area contributed by atoms with Crippen molar-refractivity contribution in [3.05, 3.63) is 83.9 Å². The van der Waals surface area contributed by atoms with Crippen LogP contribution in [0.1, 0.15) is 34.6 Å². The second-order valence-corrected chi connectivity index (χ2v) is 7.84. The van der Waals surface area contributed by atoms with Crippen LogP contribution in [-0.2, 0) is 4.74 Å². The van der Waals surface area contributed by atoms with Crippen molar-refractivity contribution in [1.82, 2.24) is 5.32 Å². The SMILES string of the molecule is CCOCCOc1ccc(C(=O)NC(=S)Nc2ccccc2C(=O)Nc2ccc(OCC)cc2)cc1. The van der Waals surface area contributed by atoms with Gasteiger partial charge in [-0.05, 0) is 86.7 Å². The molecule has 0 bridgehead atoms. The van der Waals surface area contributed by atoms with Crippen LogP contribution in [0, 0.1) is 0 Å². The number of hydrogen-bond acceptors (Lipinski definition) is 6. The van der Waals surface area contributed by atoms with Gasteiger partial charge in [-0.15, -0.1) is 0 Å². The number of benzene rings is 3. The Labute approximate surface area is 216 Å². The van der Waals surface area contributed by atoms with Gasteiger partial charge in [-0.25, -0.2) is 0 Å². The van der Waals surface area contributed by atoms with Gasteiger partial charge in [-0.3, -0.25) is 14.9 Å². The normalized spacial score (nSPS) is 10.3. The number of carbonyl (C=O) groups is 2. The molecule has 0 aliphatic carbocycles. The first-order valence-electron chi connectivity index (χ1n) is 11.6. The Balaban J connectivity index is 1.57. The maximum Gasteiger partial charge on any atom is 0.257 e. The number of rotatable bonds is 11. The monoisotopic (exact) mass is 507 g/mol. The third kappa shape index (κ3) is 8.07. The van der Waals surface area contributed by atoms with E-state index in [0.717, 1.165) is 5.75 Å². The molecule has 0 aliphatic heterocycles. The minimum atomic E-state index is -0.385. The average molecular weight is 508 g/mol. The fraction of sp³-hybridized carbons (Fsp3) is 0.222. The molecule has 2 amide bonds. The van der Waals surface area contributed by atoms with Gasteiger partial charge < -0.3 is 24.8 Å². The van der Waals surface area contributed by atoms with Gasteiger partial charge in [-0.2, -0.15) is 0 Å². The lowest BCUT2D eigenvalue weighted by molar-refractivity contribution is 0.0976. The van der Waals surface area contributed by atoms with E-state index in [1.54, 1.807) is 72.8 Å². The van der Waals surface area contributed by atoms with Crippen LogP contribution < -0.4 is 25.4 Å². The summed E-state index contributed by atoms with van der Waals surface area (Å²) in [5, 5.41) is 8.49. The summed E-state index contributed by atoms with van der Waals surface area (Å²) in [4.78, 5) is 25.5. The molecule has 0 heterocycles. The van der Waals surface area contributed by atoms with Crippen molar-refractivity contribution in [3.63, 3.8) is 0 Å². The summed E-state index contributed by atoms with van der Waals surface area (Å²) < 4.78 is 16.2. The molecule has 9 heteroatoms. The molecular formula is C27H29N3O5S. The molecule has 0 saturated heterocycles. The van der Waals surface area contributed by atoms with E-state index in [1.807, 2.05) is 13.8 Å². The summed E-state index contributed by atoms with van der Waals surface area (Å²) in [6, 6.07) is 20.7. The van der Waals surface area contributed by atoms with Crippen LogP contribution in [0.4, 0.5) is 11.4 Å². The van der Waals surface area contributed by atoms with Crippen LogP contribution in [0.25, 0.3) is 0 Å². The van der Waals surface area contributed by atoms with Gasteiger partial charge in [0.05, 0.1) is 24.5 Å². The number of anilines is 2. The number of nitrogens with one attached hydrogen (secondary N) is 3. The lowest BCUT2D eigenvalue weighted by Gasteiger charge is -2.14. The zero-order chi connectivity index (χ0) is 25.8. The minimum absolute atomic E-state index is 0.0679. The van der Waals surface area contributed by atoms with Crippen LogP contribution in [0.5, 0.6) is 11.5 Å². The van der Waals surface area contributed by atoms with Crippen molar-refractivity contribution in [3.8, 4) is 11.5 Å². The van der Waals surface area contributed by atoms with Crippen molar-refractivity contribution >= 4 is 40.5 Å². The molecule has 0 saturated carbocycles. The quantitative estimate of drug-likeness (QED) is 0.251. The van der Waals surface area contributed by atoms with Crippen LogP contribution in [-0.4, -0.2) is 43.4 Å². The van der Waals surface area contributed by atoms with Gasteiger partial charge in [-0.1, -0.05) is 12.1 Å². The molecule has 0 spiro atoms. The van der Waals surface area contributed by atoms with E-state index < -0.39 is 0 Å². The number of para-hydroxylation sites is 1. The molecule has 188 valence electrons. The summed E-state index contributed by atoms with van der Waals surface area (Å²) in [7, 11) is 0. The van der Waals surface area contributed by atoms with Crippen LogP contribution in [0.3, 0.4) is 0 Å². The Morgan fingerprint density at radius 2 is 1.42 bits per heavy atom. The smallest absolute Gasteiger partial charge is 0.257 e. The predicted molar refractivity (Wildman–Crippen MR) is 144 cm³/mol. The summed E-state index contributed by atoms with van der Waals surface area (Å²) in [5.41, 5.74) is 1.87. The van der Waals surface area contributed by atoms with Gasteiger partial charge in [0, 0.05) is 17.9 Å². The van der Waals surface area contributed by atoms with Crippen molar-refractivity contribution in [2.45, 2.75) is 13.8 Å². The van der Waals surface area contributed by atoms with Crippen LogP contribution in [0.15, 0.2) is 72.8 Å². The Morgan fingerprint density at radius 3 is 2.11 bits per heavy atom. The molecule has 36 heavy (non-hydrogen) atoms. The highest BCUT2D eigenvalue weighted by atomic mass is 32.1. The molecular weight excluding hydrogens is 478 g/mol. The first-order valence-corrected chi connectivity index (χ1v) is 12.0. The topological polar surface area (TPSA) is 97.9 Å². The second-order valence-electron chi connectivity index (χ2n) is 7.44. The number of thiocarbonyl (C=S) groups is 1. The van der Waals surface area contributed by atoms with Crippen molar-refractivity contribution < 1.29 is 23.8 Å². The molecule has 3 aromatic carbocycles. The van der Waals surface area contributed by atoms with Gasteiger partial charge in [0.25, 0.3) is 11.8 Å². The zero-order valence-electron chi connectivity index (χ0n) is 20.2. The standard InChI is InChI=1S/C27H29N3O5S/c1-3-33-17-18-35-22-13-9-19(10-14-22)25(31)30-27(36)29-24-8-6-5-7-23(24)26(32)28-20-11-15-21(16-12-20)34-4-2/h5-16H,3-4,17-18H2,1-2H3,(H,28,32)(H2,29,30,31,36). The van der Waals surface area contributed by atoms with Crippen LogP contribution in [0.2, 0.25) is 0 Å². The number of hydrogen-bond donors (Lipinski definition) is 3. The van der Waals surface area contributed by atoms with Crippen LogP contribution >= 0.6 is 12.2 Å². The largest absolute Gasteiger partial charge is 0.494 e. The minimum Gasteiger partial charge on any atom is -0.494 e. The fourth-order valence-corrected chi connectivity index (χ4v) is 3.39. The van der Waals surface area contributed by atoms with Gasteiger partial charge >= 0.3 is 0 Å². The number of carbonyl (C=O) groups excluding carboxylic acids is 2. The molecule has 0 aliphatic rings. The highest BCUT2D eigenvalue weighted by Crippen LogP contribution is 2.20. The third-order valence-electron chi connectivity index (χ3n) is 4.89. The Kier molecular flexibility index (Phi) is 10.2. The fourth-order valence-electron chi connectivity index (χ4n) is 3.18. The van der Waals surface area contributed by atoms with Crippen molar-refractivity contribution in [2.75, 3.05) is 37.1 Å². The Hall–Kier alpha value is -3.95. The maximum atomic E-state index is 12.9. The molecule has 8 nitrogen and oxygen atoms in total. The van der Waals surface area contributed by atoms with E-state index in [-0.39, 0.29) is 16.9 Å². The van der Waals surface area contributed by atoms with E-state index in [2.05, 4.69) is 16.0 Å². The Morgan fingerprint density at radius 1 is 0.750 bits per heavy atom. The molecule has 3 rings (SSSR count). The van der Waals surface area contributed by atoms with E-state index in [9.17, 15) is 9.59 Å². The third-order valence-corrected chi connectivity index (χ3v) is 5.09. The highest BCUT2D eigenvalue weighted by molar-refractivity contribution is 7.80. The first-order chi connectivity index (χ1) is 17.5. The molecule has 0 unspecified atom stereocenters. The van der Waals surface area contributed by atoms with Crippen molar-refractivity contribution in [2.24, 2.45) is 0 Å². The highest BCUT2D eigenvalue weighted by Gasteiger charge is 2.14. The molecule has 0 atom stereocenters. The number of ether oxygens (including phenoxy) is 3. The van der Waals surface area contributed by atoms with E-state index in [4.69, 9.17) is 26.4 Å². The maximum absolute atomic E-state index is 12.9. The predicted octanol–water partition coefficient (Wildman–Crippen LogP) is 4.88. The summed E-state index contributed by atoms with van der Waals surface area (Å²) in [6.45, 7) is 5.95. The number of amides is 2. The van der Waals surface area contributed by atoms with E-state index >= 15 is 0 Å². The van der Waals surface area contributed by atoms with Gasteiger partial charge in [0.2, 0.25) is 0 Å². The van der Waals surface area contributed by atoms with Gasteiger partial charge in [0.1, 0.15) is 18.1 Å². The molecule has 3 aromatic rings. The Bertz CT molecular complexity index is 1170. The average Bonchev–Trinajstić information content (AvgIpc) is 2.88. The first kappa shape index (κ1) is 26.7. The molecule has 0 fully saturated rings. The molecule has 0 radical (unpaired) electrons.